The lowest BCUT2D eigenvalue weighted by Crippen LogP contribution is -2.52. The molecule has 2 amide bonds. The van der Waals surface area contributed by atoms with Crippen LogP contribution in [-0.4, -0.2) is 28.8 Å². The zero-order valence-electron chi connectivity index (χ0n) is 16.8. The van der Waals surface area contributed by atoms with E-state index >= 15 is 0 Å². The first-order valence-corrected chi connectivity index (χ1v) is 10.6. The molecular weight excluding hydrogens is 416 g/mol. The second kappa shape index (κ2) is 11.0. The third kappa shape index (κ3) is 6.48. The number of hydrogen-bond donors (Lipinski definition) is 1. The smallest absolute Gasteiger partial charge is 0.243 e. The van der Waals surface area contributed by atoms with Crippen LogP contribution in [0.3, 0.4) is 0 Å². The summed E-state index contributed by atoms with van der Waals surface area (Å²) in [6.07, 6.45) is 1.70. The number of benzene rings is 2. The summed E-state index contributed by atoms with van der Waals surface area (Å²) in [5.41, 5.74) is 2.04. The van der Waals surface area contributed by atoms with Crippen molar-refractivity contribution in [2.24, 2.45) is 0 Å². The van der Waals surface area contributed by atoms with Crippen LogP contribution in [0.5, 0.6) is 0 Å². The summed E-state index contributed by atoms with van der Waals surface area (Å²) in [7, 11) is 0. The van der Waals surface area contributed by atoms with Gasteiger partial charge in [-0.15, -0.1) is 0 Å². The lowest BCUT2D eigenvalue weighted by Gasteiger charge is -2.32. The Kier molecular flexibility index (Phi) is 8.71. The molecule has 2 rings (SSSR count). The Morgan fingerprint density at radius 1 is 1.00 bits per heavy atom. The first kappa shape index (κ1) is 22.2. The zero-order valence-corrected chi connectivity index (χ0v) is 18.4. The van der Waals surface area contributed by atoms with Crippen LogP contribution in [0.4, 0.5) is 0 Å². The van der Waals surface area contributed by atoms with Gasteiger partial charge in [-0.2, -0.15) is 0 Å². The molecule has 2 aromatic rings. The van der Waals surface area contributed by atoms with Gasteiger partial charge in [-0.25, -0.2) is 0 Å². The van der Waals surface area contributed by atoms with Gasteiger partial charge in [0.25, 0.3) is 0 Å². The van der Waals surface area contributed by atoms with Gasteiger partial charge < -0.3 is 10.2 Å². The highest BCUT2D eigenvalue weighted by molar-refractivity contribution is 9.10. The van der Waals surface area contributed by atoms with Gasteiger partial charge in [0.1, 0.15) is 6.04 Å². The van der Waals surface area contributed by atoms with E-state index in [1.54, 1.807) is 4.90 Å². The summed E-state index contributed by atoms with van der Waals surface area (Å²) in [5, 5.41) is 3.06. The number of rotatable bonds is 9. The molecule has 2 aromatic carbocycles. The fourth-order valence-corrected chi connectivity index (χ4v) is 3.25. The fourth-order valence-electron chi connectivity index (χ4n) is 2.98. The van der Waals surface area contributed by atoms with E-state index in [0.717, 1.165) is 22.0 Å². The van der Waals surface area contributed by atoms with Gasteiger partial charge in [-0.3, -0.25) is 9.59 Å². The van der Waals surface area contributed by atoms with Gasteiger partial charge in [0, 0.05) is 29.9 Å². The van der Waals surface area contributed by atoms with E-state index in [0.29, 0.717) is 19.4 Å². The molecule has 0 bridgehead atoms. The van der Waals surface area contributed by atoms with Gasteiger partial charge in [0.2, 0.25) is 11.8 Å². The van der Waals surface area contributed by atoms with E-state index in [1.807, 2.05) is 75.4 Å². The second-order valence-corrected chi connectivity index (χ2v) is 7.94. The molecule has 150 valence electrons. The Hall–Kier alpha value is -2.14. The van der Waals surface area contributed by atoms with Crippen LogP contribution in [-0.2, 0) is 22.6 Å². The van der Waals surface area contributed by atoms with Crippen molar-refractivity contribution < 1.29 is 9.59 Å². The fraction of sp³-hybridized carbons (Fsp3) is 0.391. The van der Waals surface area contributed by atoms with E-state index in [9.17, 15) is 9.59 Å². The quantitative estimate of drug-likeness (QED) is 0.608. The Bertz CT molecular complexity index is 762. The molecule has 0 spiro atoms. The van der Waals surface area contributed by atoms with Crippen molar-refractivity contribution in [3.8, 4) is 0 Å². The summed E-state index contributed by atoms with van der Waals surface area (Å²) in [6.45, 7) is 6.26. The minimum Gasteiger partial charge on any atom is -0.352 e. The Morgan fingerprint density at radius 3 is 2.21 bits per heavy atom. The maximum atomic E-state index is 13.1. The van der Waals surface area contributed by atoms with E-state index in [-0.39, 0.29) is 17.9 Å². The van der Waals surface area contributed by atoms with E-state index in [4.69, 9.17) is 0 Å². The van der Waals surface area contributed by atoms with E-state index in [1.165, 1.54) is 0 Å². The zero-order chi connectivity index (χ0) is 20.5. The van der Waals surface area contributed by atoms with E-state index in [2.05, 4.69) is 21.2 Å². The molecule has 0 aliphatic heterocycles. The molecule has 0 aromatic heterocycles. The molecule has 0 saturated heterocycles. The Labute approximate surface area is 176 Å². The SMILES string of the molecule is CCC(=O)N(Cc1ccc(Br)cc1)[C@H](Cc1ccccc1)C(=O)N[C@H](C)CC. The summed E-state index contributed by atoms with van der Waals surface area (Å²) in [5.74, 6) is -0.125. The highest BCUT2D eigenvalue weighted by atomic mass is 79.9. The number of nitrogens with one attached hydrogen (secondary N) is 1. The predicted octanol–water partition coefficient (Wildman–Crippen LogP) is 4.71. The molecule has 0 heterocycles. The summed E-state index contributed by atoms with van der Waals surface area (Å²) in [4.78, 5) is 27.6. The average molecular weight is 445 g/mol. The van der Waals surface area contributed by atoms with Crippen molar-refractivity contribution >= 4 is 27.7 Å². The molecule has 2 atom stereocenters. The number of carbonyl (C=O) groups excluding carboxylic acids is 2. The predicted molar refractivity (Wildman–Crippen MR) is 117 cm³/mol. The van der Waals surface area contributed by atoms with Crippen LogP contribution in [0, 0.1) is 0 Å². The van der Waals surface area contributed by atoms with Crippen molar-refractivity contribution in [1.29, 1.82) is 0 Å². The first-order chi connectivity index (χ1) is 13.4. The van der Waals surface area contributed by atoms with Crippen LogP contribution < -0.4 is 5.32 Å². The van der Waals surface area contributed by atoms with Gasteiger partial charge >= 0.3 is 0 Å². The van der Waals surface area contributed by atoms with Crippen molar-refractivity contribution in [1.82, 2.24) is 10.2 Å². The third-order valence-electron chi connectivity index (χ3n) is 4.84. The molecular formula is C23H29BrN2O2. The monoisotopic (exact) mass is 444 g/mol. The van der Waals surface area contributed by atoms with Gasteiger partial charge in [-0.05, 0) is 36.6 Å². The standard InChI is InChI=1S/C23H29BrN2O2/c1-4-17(3)25-23(28)21(15-18-9-7-6-8-10-18)26(22(27)5-2)16-19-11-13-20(24)14-12-19/h6-14,17,21H,4-5,15-16H2,1-3H3,(H,25,28)/t17-,21-/m1/s1. The molecule has 0 saturated carbocycles. The van der Waals surface area contributed by atoms with Crippen molar-refractivity contribution in [3.05, 3.63) is 70.2 Å². The molecule has 0 aliphatic rings. The van der Waals surface area contributed by atoms with Crippen LogP contribution in [0.1, 0.15) is 44.7 Å². The molecule has 28 heavy (non-hydrogen) atoms. The number of carbonyl (C=O) groups is 2. The molecule has 1 N–H and O–H groups in total. The number of halogens is 1. The normalized spacial score (nSPS) is 12.9. The van der Waals surface area contributed by atoms with E-state index < -0.39 is 6.04 Å². The van der Waals surface area contributed by atoms with Gasteiger partial charge in [-0.1, -0.05) is 72.2 Å². The van der Waals surface area contributed by atoms with Gasteiger partial charge in [0.05, 0.1) is 0 Å². The first-order valence-electron chi connectivity index (χ1n) is 9.82. The van der Waals surface area contributed by atoms with Crippen molar-refractivity contribution in [2.75, 3.05) is 0 Å². The third-order valence-corrected chi connectivity index (χ3v) is 5.37. The number of amides is 2. The van der Waals surface area contributed by atoms with Crippen molar-refractivity contribution in [2.45, 2.75) is 58.7 Å². The maximum Gasteiger partial charge on any atom is 0.243 e. The lowest BCUT2D eigenvalue weighted by molar-refractivity contribution is -0.141. The second-order valence-electron chi connectivity index (χ2n) is 7.03. The molecule has 0 radical (unpaired) electrons. The summed E-state index contributed by atoms with van der Waals surface area (Å²) < 4.78 is 0.986. The molecule has 0 fully saturated rings. The van der Waals surface area contributed by atoms with Crippen LogP contribution in [0.15, 0.2) is 59.1 Å². The van der Waals surface area contributed by atoms with Crippen molar-refractivity contribution in [3.63, 3.8) is 0 Å². The molecule has 4 nitrogen and oxygen atoms in total. The highest BCUT2D eigenvalue weighted by Gasteiger charge is 2.30. The number of hydrogen-bond acceptors (Lipinski definition) is 2. The van der Waals surface area contributed by atoms with Gasteiger partial charge in [0.15, 0.2) is 0 Å². The van der Waals surface area contributed by atoms with Crippen LogP contribution in [0.25, 0.3) is 0 Å². The largest absolute Gasteiger partial charge is 0.352 e. The van der Waals surface area contributed by atoms with Crippen LogP contribution >= 0.6 is 15.9 Å². The molecule has 0 unspecified atom stereocenters. The molecule has 5 heteroatoms. The maximum absolute atomic E-state index is 13.1. The van der Waals surface area contributed by atoms with Crippen LogP contribution in [0.2, 0.25) is 0 Å². The Morgan fingerprint density at radius 2 is 1.64 bits per heavy atom. The topological polar surface area (TPSA) is 49.4 Å². The molecule has 0 aliphatic carbocycles. The summed E-state index contributed by atoms with van der Waals surface area (Å²) in [6, 6.07) is 17.2. The minimum atomic E-state index is -0.549. The highest BCUT2D eigenvalue weighted by Crippen LogP contribution is 2.18. The lowest BCUT2D eigenvalue weighted by atomic mass is 10.0. The Balaban J connectivity index is 2.33. The summed E-state index contributed by atoms with van der Waals surface area (Å²) >= 11 is 3.44. The average Bonchev–Trinajstić information content (AvgIpc) is 2.71. The minimum absolute atomic E-state index is 0.0249. The number of nitrogens with zero attached hydrogens (tertiary/aromatic N) is 1.